The van der Waals surface area contributed by atoms with Crippen LogP contribution in [0, 0.1) is 5.92 Å². The highest BCUT2D eigenvalue weighted by Crippen LogP contribution is 2.19. The van der Waals surface area contributed by atoms with Gasteiger partial charge in [0.1, 0.15) is 0 Å². The summed E-state index contributed by atoms with van der Waals surface area (Å²) in [7, 11) is -1.85. The first kappa shape index (κ1) is 16.6. The van der Waals surface area contributed by atoms with Crippen LogP contribution in [-0.2, 0) is 10.0 Å². The lowest BCUT2D eigenvalue weighted by atomic mass is 10.0. The Balaban J connectivity index is 2.78. The lowest BCUT2D eigenvalue weighted by molar-refractivity contribution is 0.397. The van der Waals surface area contributed by atoms with Crippen LogP contribution in [-0.4, -0.2) is 32.4 Å². The largest absolute Gasteiger partial charge is 0.327 e. The standard InChI is InChI=1S/C13H21BrN2O2S/c1-10(2)13(15)7-8-16(3)19(17,18)12-6-4-5-11(14)9-12/h4-6,9-10,13H,7-8,15H2,1-3H3. The summed E-state index contributed by atoms with van der Waals surface area (Å²) in [5, 5.41) is 0. The molecule has 0 aliphatic heterocycles. The van der Waals surface area contributed by atoms with Gasteiger partial charge >= 0.3 is 0 Å². The van der Waals surface area contributed by atoms with E-state index in [1.807, 2.05) is 13.8 Å². The lowest BCUT2D eigenvalue weighted by Gasteiger charge is -2.21. The normalized spacial score (nSPS) is 14.1. The number of nitrogens with two attached hydrogens (primary N) is 1. The zero-order chi connectivity index (χ0) is 14.6. The molecule has 4 nitrogen and oxygen atoms in total. The summed E-state index contributed by atoms with van der Waals surface area (Å²) >= 11 is 3.28. The number of halogens is 1. The van der Waals surface area contributed by atoms with Gasteiger partial charge < -0.3 is 5.73 Å². The van der Waals surface area contributed by atoms with E-state index in [0.29, 0.717) is 23.8 Å². The molecule has 0 heterocycles. The molecule has 1 rings (SSSR count). The molecule has 0 fully saturated rings. The zero-order valence-electron chi connectivity index (χ0n) is 11.5. The highest BCUT2D eigenvalue weighted by molar-refractivity contribution is 9.10. The van der Waals surface area contributed by atoms with Crippen molar-refractivity contribution in [3.63, 3.8) is 0 Å². The summed E-state index contributed by atoms with van der Waals surface area (Å²) in [4.78, 5) is 0.294. The number of rotatable bonds is 6. The molecule has 0 saturated heterocycles. The van der Waals surface area contributed by atoms with Crippen LogP contribution in [0.1, 0.15) is 20.3 Å². The van der Waals surface area contributed by atoms with E-state index in [1.54, 1.807) is 31.3 Å². The third-order valence-electron chi connectivity index (χ3n) is 3.14. The van der Waals surface area contributed by atoms with E-state index in [0.717, 1.165) is 4.47 Å². The lowest BCUT2D eigenvalue weighted by Crippen LogP contribution is -2.34. The van der Waals surface area contributed by atoms with Gasteiger partial charge in [-0.25, -0.2) is 12.7 Å². The number of hydrogen-bond acceptors (Lipinski definition) is 3. The molecule has 1 aromatic rings. The van der Waals surface area contributed by atoms with E-state index >= 15 is 0 Å². The smallest absolute Gasteiger partial charge is 0.242 e. The topological polar surface area (TPSA) is 63.4 Å². The Bertz CT molecular complexity index is 517. The average molecular weight is 349 g/mol. The van der Waals surface area contributed by atoms with Gasteiger partial charge in [0.2, 0.25) is 10.0 Å². The fourth-order valence-electron chi connectivity index (χ4n) is 1.59. The van der Waals surface area contributed by atoms with E-state index < -0.39 is 10.0 Å². The quantitative estimate of drug-likeness (QED) is 0.858. The zero-order valence-corrected chi connectivity index (χ0v) is 13.9. The van der Waals surface area contributed by atoms with Crippen LogP contribution in [0.3, 0.4) is 0 Å². The third kappa shape index (κ3) is 4.56. The van der Waals surface area contributed by atoms with E-state index in [-0.39, 0.29) is 6.04 Å². The highest BCUT2D eigenvalue weighted by atomic mass is 79.9. The number of benzene rings is 1. The van der Waals surface area contributed by atoms with Crippen molar-refractivity contribution in [1.82, 2.24) is 4.31 Å². The van der Waals surface area contributed by atoms with Crippen molar-refractivity contribution >= 4 is 26.0 Å². The summed E-state index contributed by atoms with van der Waals surface area (Å²) in [6.07, 6.45) is 0.654. The molecule has 0 bridgehead atoms. The second-order valence-electron chi connectivity index (χ2n) is 4.98. The van der Waals surface area contributed by atoms with Crippen LogP contribution in [0.4, 0.5) is 0 Å². The van der Waals surface area contributed by atoms with Gasteiger partial charge in [-0.1, -0.05) is 35.8 Å². The summed E-state index contributed by atoms with van der Waals surface area (Å²) in [6.45, 7) is 4.50. The molecule has 19 heavy (non-hydrogen) atoms. The SMILES string of the molecule is CC(C)C(N)CCN(C)S(=O)(=O)c1cccc(Br)c1. The molecule has 108 valence electrons. The fourth-order valence-corrected chi connectivity index (χ4v) is 3.37. The average Bonchev–Trinajstić information content (AvgIpc) is 2.35. The third-order valence-corrected chi connectivity index (χ3v) is 5.48. The maximum absolute atomic E-state index is 12.3. The van der Waals surface area contributed by atoms with Crippen LogP contribution in [0.5, 0.6) is 0 Å². The Morgan fingerprint density at radius 1 is 1.37 bits per heavy atom. The van der Waals surface area contributed by atoms with Crippen molar-refractivity contribution in [2.45, 2.75) is 31.2 Å². The molecular formula is C13H21BrN2O2S. The summed E-state index contributed by atoms with van der Waals surface area (Å²) < 4.78 is 26.8. The van der Waals surface area contributed by atoms with E-state index in [1.165, 1.54) is 4.31 Å². The monoisotopic (exact) mass is 348 g/mol. The summed E-state index contributed by atoms with van der Waals surface area (Å²) in [5.74, 6) is 0.349. The Morgan fingerprint density at radius 3 is 2.53 bits per heavy atom. The van der Waals surface area contributed by atoms with Crippen LogP contribution < -0.4 is 5.73 Å². The van der Waals surface area contributed by atoms with Crippen molar-refractivity contribution in [1.29, 1.82) is 0 Å². The van der Waals surface area contributed by atoms with E-state index in [4.69, 9.17) is 5.73 Å². The number of hydrogen-bond donors (Lipinski definition) is 1. The first-order chi connectivity index (χ1) is 8.75. The molecule has 0 aliphatic rings. The predicted molar refractivity (Wildman–Crippen MR) is 81.4 cm³/mol. The molecule has 1 unspecified atom stereocenters. The van der Waals surface area contributed by atoms with Gasteiger partial charge in [-0.05, 0) is 30.5 Å². The molecule has 6 heteroatoms. The van der Waals surface area contributed by atoms with Crippen molar-refractivity contribution in [3.8, 4) is 0 Å². The molecule has 1 atom stereocenters. The van der Waals surface area contributed by atoms with Gasteiger partial charge in [-0.3, -0.25) is 0 Å². The van der Waals surface area contributed by atoms with Crippen LogP contribution in [0.2, 0.25) is 0 Å². The first-order valence-corrected chi connectivity index (χ1v) is 8.46. The molecular weight excluding hydrogens is 328 g/mol. The van der Waals surface area contributed by atoms with Gasteiger partial charge in [0.15, 0.2) is 0 Å². The molecule has 0 amide bonds. The van der Waals surface area contributed by atoms with Crippen molar-refractivity contribution in [2.75, 3.05) is 13.6 Å². The Morgan fingerprint density at radius 2 is 2.00 bits per heavy atom. The Labute approximate surface area is 124 Å². The van der Waals surface area contributed by atoms with Gasteiger partial charge in [-0.15, -0.1) is 0 Å². The highest BCUT2D eigenvalue weighted by Gasteiger charge is 2.21. The van der Waals surface area contributed by atoms with Gasteiger partial charge in [0, 0.05) is 24.1 Å². The molecule has 0 aromatic heterocycles. The molecule has 0 radical (unpaired) electrons. The van der Waals surface area contributed by atoms with Crippen LogP contribution >= 0.6 is 15.9 Å². The number of sulfonamides is 1. The second kappa shape index (κ2) is 6.83. The first-order valence-electron chi connectivity index (χ1n) is 6.22. The number of nitrogens with zero attached hydrogens (tertiary/aromatic N) is 1. The molecule has 2 N–H and O–H groups in total. The van der Waals surface area contributed by atoms with Gasteiger partial charge in [-0.2, -0.15) is 0 Å². The van der Waals surface area contributed by atoms with Crippen molar-refractivity contribution in [2.24, 2.45) is 11.7 Å². The van der Waals surface area contributed by atoms with E-state index in [2.05, 4.69) is 15.9 Å². The minimum Gasteiger partial charge on any atom is -0.327 e. The molecule has 0 saturated carbocycles. The minimum absolute atomic E-state index is 0.0140. The maximum Gasteiger partial charge on any atom is 0.242 e. The van der Waals surface area contributed by atoms with Crippen LogP contribution in [0.15, 0.2) is 33.6 Å². The maximum atomic E-state index is 12.3. The second-order valence-corrected chi connectivity index (χ2v) is 7.94. The molecule has 0 aliphatic carbocycles. The molecule has 1 aromatic carbocycles. The fraction of sp³-hybridized carbons (Fsp3) is 0.538. The predicted octanol–water partition coefficient (Wildman–Crippen LogP) is 2.44. The minimum atomic E-state index is -3.44. The van der Waals surface area contributed by atoms with Crippen molar-refractivity contribution < 1.29 is 8.42 Å². The van der Waals surface area contributed by atoms with Crippen molar-refractivity contribution in [3.05, 3.63) is 28.7 Å². The van der Waals surface area contributed by atoms with Gasteiger partial charge in [0.05, 0.1) is 4.90 Å². The molecule has 0 spiro atoms. The van der Waals surface area contributed by atoms with E-state index in [9.17, 15) is 8.42 Å². The Hall–Kier alpha value is -0.430. The summed E-state index contributed by atoms with van der Waals surface area (Å²) in [5.41, 5.74) is 5.94. The summed E-state index contributed by atoms with van der Waals surface area (Å²) in [6, 6.07) is 6.73. The van der Waals surface area contributed by atoms with Gasteiger partial charge in [0.25, 0.3) is 0 Å². The Kier molecular flexibility index (Phi) is 5.98. The van der Waals surface area contributed by atoms with Crippen LogP contribution in [0.25, 0.3) is 0 Å².